The van der Waals surface area contributed by atoms with Crippen LogP contribution in [0.25, 0.3) is 0 Å². The third-order valence-corrected chi connectivity index (χ3v) is 6.27. The number of para-hydroxylation sites is 1. The smallest absolute Gasteiger partial charge is 0.232 e. The van der Waals surface area contributed by atoms with Crippen molar-refractivity contribution < 1.29 is 13.2 Å². The first kappa shape index (κ1) is 23.0. The van der Waals surface area contributed by atoms with Crippen LogP contribution in [0.5, 0.6) is 0 Å². The van der Waals surface area contributed by atoms with E-state index in [1.807, 2.05) is 6.07 Å². The highest BCUT2D eigenvalue weighted by Crippen LogP contribution is 2.27. The number of halogens is 1. The van der Waals surface area contributed by atoms with Crippen molar-refractivity contribution in [3.05, 3.63) is 28.7 Å². The number of anilines is 1. The molecule has 1 unspecified atom stereocenters. The van der Waals surface area contributed by atoms with Crippen LogP contribution in [0.3, 0.4) is 0 Å². The fourth-order valence-corrected chi connectivity index (χ4v) is 4.39. The van der Waals surface area contributed by atoms with Crippen molar-refractivity contribution in [1.29, 1.82) is 0 Å². The first-order valence-electron chi connectivity index (χ1n) is 9.28. The van der Waals surface area contributed by atoms with E-state index in [-0.39, 0.29) is 12.5 Å². The number of amides is 1. The standard InChI is InChI=1S/C19H31BrN2O3S/c1-4-6-10-16(5-2)15-21-19(23)13-9-14-22(26(3,24)25)18-12-8-7-11-17(18)20/h7-8,11-12,16H,4-6,9-10,13-15H2,1-3H3,(H,21,23). The normalized spacial score (nSPS) is 12.6. The van der Waals surface area contributed by atoms with Gasteiger partial charge in [0.25, 0.3) is 0 Å². The quantitative estimate of drug-likeness (QED) is 0.519. The lowest BCUT2D eigenvalue weighted by atomic mass is 9.99. The van der Waals surface area contributed by atoms with E-state index >= 15 is 0 Å². The number of sulfonamides is 1. The summed E-state index contributed by atoms with van der Waals surface area (Å²) in [5.41, 5.74) is 0.598. The van der Waals surface area contributed by atoms with Gasteiger partial charge in [-0.25, -0.2) is 8.42 Å². The van der Waals surface area contributed by atoms with Crippen molar-refractivity contribution >= 4 is 37.5 Å². The number of rotatable bonds is 12. The summed E-state index contributed by atoms with van der Waals surface area (Å²) in [4.78, 5) is 12.1. The number of hydrogen-bond acceptors (Lipinski definition) is 3. The van der Waals surface area contributed by atoms with Gasteiger partial charge < -0.3 is 5.32 Å². The summed E-state index contributed by atoms with van der Waals surface area (Å²) in [6.07, 6.45) is 6.53. The van der Waals surface area contributed by atoms with Crippen LogP contribution in [0.15, 0.2) is 28.7 Å². The predicted molar refractivity (Wildman–Crippen MR) is 112 cm³/mol. The van der Waals surface area contributed by atoms with Gasteiger partial charge in [-0.2, -0.15) is 0 Å². The van der Waals surface area contributed by atoms with Crippen LogP contribution < -0.4 is 9.62 Å². The van der Waals surface area contributed by atoms with Gasteiger partial charge in [0, 0.05) is 24.0 Å². The lowest BCUT2D eigenvalue weighted by molar-refractivity contribution is -0.121. The lowest BCUT2D eigenvalue weighted by Gasteiger charge is -2.23. The Morgan fingerprint density at radius 1 is 1.23 bits per heavy atom. The van der Waals surface area contributed by atoms with E-state index in [0.717, 1.165) is 17.3 Å². The molecule has 1 amide bonds. The number of unbranched alkanes of at least 4 members (excludes halogenated alkanes) is 1. The fraction of sp³-hybridized carbons (Fsp3) is 0.632. The van der Waals surface area contributed by atoms with Gasteiger partial charge in [0.1, 0.15) is 0 Å². The third kappa shape index (κ3) is 8.08. The Kier molecular flexibility index (Phi) is 10.2. The van der Waals surface area contributed by atoms with Crippen LogP contribution in [0.4, 0.5) is 5.69 Å². The molecule has 7 heteroatoms. The largest absolute Gasteiger partial charge is 0.356 e. The van der Waals surface area contributed by atoms with Gasteiger partial charge >= 0.3 is 0 Å². The van der Waals surface area contributed by atoms with Crippen LogP contribution in [0.1, 0.15) is 52.4 Å². The van der Waals surface area contributed by atoms with Crippen LogP contribution in [0, 0.1) is 5.92 Å². The highest BCUT2D eigenvalue weighted by Gasteiger charge is 2.19. The summed E-state index contributed by atoms with van der Waals surface area (Å²) in [7, 11) is -3.41. The molecule has 0 aliphatic rings. The van der Waals surface area contributed by atoms with Gasteiger partial charge in [-0.05, 0) is 46.8 Å². The Labute approximate surface area is 166 Å². The van der Waals surface area contributed by atoms with E-state index in [9.17, 15) is 13.2 Å². The number of hydrogen-bond donors (Lipinski definition) is 1. The summed E-state index contributed by atoms with van der Waals surface area (Å²) in [5.74, 6) is 0.507. The highest BCUT2D eigenvalue weighted by molar-refractivity contribution is 9.10. The summed E-state index contributed by atoms with van der Waals surface area (Å²) < 4.78 is 26.3. The van der Waals surface area contributed by atoms with Gasteiger partial charge in [0.2, 0.25) is 15.9 Å². The van der Waals surface area contributed by atoms with Crippen molar-refractivity contribution in [2.75, 3.05) is 23.7 Å². The van der Waals surface area contributed by atoms with E-state index in [1.165, 1.54) is 23.4 Å². The molecule has 0 spiro atoms. The number of carbonyl (C=O) groups is 1. The Bertz CT molecular complexity index is 665. The molecule has 1 rings (SSSR count). The van der Waals surface area contributed by atoms with E-state index < -0.39 is 10.0 Å². The first-order valence-corrected chi connectivity index (χ1v) is 11.9. The molecule has 0 aromatic heterocycles. The average molecular weight is 447 g/mol. The van der Waals surface area contributed by atoms with Gasteiger partial charge in [0.05, 0.1) is 11.9 Å². The molecular weight excluding hydrogens is 416 g/mol. The molecule has 1 N–H and O–H groups in total. The monoisotopic (exact) mass is 446 g/mol. The van der Waals surface area contributed by atoms with Crippen LogP contribution in [-0.2, 0) is 14.8 Å². The molecule has 26 heavy (non-hydrogen) atoms. The number of nitrogens with zero attached hydrogens (tertiary/aromatic N) is 1. The van der Waals surface area contributed by atoms with Crippen LogP contribution in [-0.4, -0.2) is 33.7 Å². The van der Waals surface area contributed by atoms with Gasteiger partial charge in [-0.15, -0.1) is 0 Å². The molecule has 148 valence electrons. The maximum Gasteiger partial charge on any atom is 0.232 e. The minimum atomic E-state index is -3.41. The SMILES string of the molecule is CCCCC(CC)CNC(=O)CCCN(c1ccccc1Br)S(C)(=O)=O. The minimum absolute atomic E-state index is 0.0134. The Morgan fingerprint density at radius 2 is 1.92 bits per heavy atom. The number of benzene rings is 1. The van der Waals surface area contributed by atoms with E-state index in [2.05, 4.69) is 35.1 Å². The number of carbonyl (C=O) groups excluding carboxylic acids is 1. The molecule has 1 atom stereocenters. The molecule has 0 saturated heterocycles. The highest BCUT2D eigenvalue weighted by atomic mass is 79.9. The second-order valence-corrected chi connectivity index (χ2v) is 9.37. The van der Waals surface area contributed by atoms with E-state index in [0.29, 0.717) is 31.0 Å². The van der Waals surface area contributed by atoms with Crippen LogP contribution >= 0.6 is 15.9 Å². The Hall–Kier alpha value is -1.08. The molecule has 0 heterocycles. The van der Waals surface area contributed by atoms with Crippen molar-refractivity contribution in [1.82, 2.24) is 5.32 Å². The van der Waals surface area contributed by atoms with Gasteiger partial charge in [-0.1, -0.05) is 45.2 Å². The Morgan fingerprint density at radius 3 is 2.50 bits per heavy atom. The minimum Gasteiger partial charge on any atom is -0.356 e. The van der Waals surface area contributed by atoms with Crippen molar-refractivity contribution in [3.63, 3.8) is 0 Å². The first-order chi connectivity index (χ1) is 12.3. The maximum absolute atomic E-state index is 12.1. The zero-order valence-electron chi connectivity index (χ0n) is 16.0. The molecular formula is C19H31BrN2O3S. The zero-order chi connectivity index (χ0) is 19.6. The van der Waals surface area contributed by atoms with Crippen molar-refractivity contribution in [2.45, 2.75) is 52.4 Å². The number of nitrogens with one attached hydrogen (secondary N) is 1. The molecule has 1 aromatic rings. The molecule has 0 aliphatic carbocycles. The fourth-order valence-electron chi connectivity index (χ4n) is 2.79. The second kappa shape index (κ2) is 11.6. The summed E-state index contributed by atoms with van der Waals surface area (Å²) in [6, 6.07) is 7.20. The molecule has 5 nitrogen and oxygen atoms in total. The van der Waals surface area contributed by atoms with Crippen LogP contribution in [0.2, 0.25) is 0 Å². The van der Waals surface area contributed by atoms with E-state index in [4.69, 9.17) is 0 Å². The predicted octanol–water partition coefficient (Wildman–Crippen LogP) is 4.33. The topological polar surface area (TPSA) is 66.5 Å². The lowest BCUT2D eigenvalue weighted by Crippen LogP contribution is -2.33. The molecule has 0 bridgehead atoms. The molecule has 0 saturated carbocycles. The van der Waals surface area contributed by atoms with Crippen molar-refractivity contribution in [3.8, 4) is 0 Å². The molecule has 0 fully saturated rings. The van der Waals surface area contributed by atoms with Gasteiger partial charge in [0.15, 0.2) is 0 Å². The summed E-state index contributed by atoms with van der Waals surface area (Å²) in [5, 5.41) is 2.99. The second-order valence-electron chi connectivity index (χ2n) is 6.61. The van der Waals surface area contributed by atoms with Gasteiger partial charge in [-0.3, -0.25) is 9.10 Å². The maximum atomic E-state index is 12.1. The average Bonchev–Trinajstić information content (AvgIpc) is 2.59. The molecule has 1 aromatic carbocycles. The van der Waals surface area contributed by atoms with E-state index in [1.54, 1.807) is 18.2 Å². The Balaban J connectivity index is 2.53. The summed E-state index contributed by atoms with van der Waals surface area (Å²) in [6.45, 7) is 5.30. The third-order valence-electron chi connectivity index (χ3n) is 4.42. The summed E-state index contributed by atoms with van der Waals surface area (Å²) >= 11 is 3.39. The van der Waals surface area contributed by atoms with Crippen molar-refractivity contribution in [2.24, 2.45) is 5.92 Å². The zero-order valence-corrected chi connectivity index (χ0v) is 18.4. The molecule has 0 aliphatic heterocycles. The molecule has 0 radical (unpaired) electrons.